The smallest absolute Gasteiger partial charge is 0.162 e. The molecule has 0 saturated heterocycles. The van der Waals surface area contributed by atoms with Gasteiger partial charge in [0.15, 0.2) is 5.82 Å². The van der Waals surface area contributed by atoms with E-state index in [0.29, 0.717) is 29.7 Å². The molecular formula is C24H27FN2O. The highest BCUT2D eigenvalue weighted by Gasteiger charge is 2.10. The summed E-state index contributed by atoms with van der Waals surface area (Å²) in [6.07, 6.45) is 6.74. The highest BCUT2D eigenvalue weighted by molar-refractivity contribution is 5.64. The Morgan fingerprint density at radius 1 is 0.929 bits per heavy atom. The maximum absolute atomic E-state index is 14.5. The average Bonchev–Trinajstić information content (AvgIpc) is 2.68. The Bertz CT molecular complexity index is 889. The van der Waals surface area contributed by atoms with Crippen LogP contribution in [0.25, 0.3) is 22.5 Å². The monoisotopic (exact) mass is 378 g/mol. The van der Waals surface area contributed by atoms with Crippen molar-refractivity contribution in [3.05, 3.63) is 66.2 Å². The third-order valence-corrected chi connectivity index (χ3v) is 4.66. The van der Waals surface area contributed by atoms with Crippen molar-refractivity contribution in [2.45, 2.75) is 40.0 Å². The Balaban J connectivity index is 1.64. The number of unbranched alkanes of at least 4 members (excludes halogenated alkanes) is 1. The zero-order valence-electron chi connectivity index (χ0n) is 16.8. The van der Waals surface area contributed by atoms with Crippen LogP contribution >= 0.6 is 0 Å². The summed E-state index contributed by atoms with van der Waals surface area (Å²) in [5.41, 5.74) is 3.53. The summed E-state index contributed by atoms with van der Waals surface area (Å²) in [7, 11) is 0. The summed E-state index contributed by atoms with van der Waals surface area (Å²) in [5, 5.41) is 0. The van der Waals surface area contributed by atoms with Crippen LogP contribution in [0.15, 0.2) is 54.9 Å². The van der Waals surface area contributed by atoms with Crippen LogP contribution in [0.3, 0.4) is 0 Å². The average molecular weight is 378 g/mol. The Labute approximate surface area is 166 Å². The molecule has 28 heavy (non-hydrogen) atoms. The molecular weight excluding hydrogens is 351 g/mol. The maximum Gasteiger partial charge on any atom is 0.162 e. The number of halogens is 1. The molecule has 2 aromatic carbocycles. The number of aromatic nitrogens is 2. The van der Waals surface area contributed by atoms with Crippen molar-refractivity contribution >= 4 is 0 Å². The van der Waals surface area contributed by atoms with E-state index in [1.165, 1.54) is 18.1 Å². The van der Waals surface area contributed by atoms with Gasteiger partial charge in [0, 0.05) is 24.0 Å². The third-order valence-electron chi connectivity index (χ3n) is 4.66. The lowest BCUT2D eigenvalue weighted by Gasteiger charge is -2.09. The Morgan fingerprint density at radius 2 is 1.64 bits per heavy atom. The molecule has 0 bridgehead atoms. The van der Waals surface area contributed by atoms with E-state index in [-0.39, 0.29) is 5.82 Å². The Morgan fingerprint density at radius 3 is 2.29 bits per heavy atom. The SMILES string of the molecule is Cc1ccc(-c2cnc(-c3ccc(OCCCCC(C)C)cc3F)nc2)cc1. The molecule has 0 fully saturated rings. The van der Waals surface area contributed by atoms with Gasteiger partial charge in [0.25, 0.3) is 0 Å². The highest BCUT2D eigenvalue weighted by atomic mass is 19.1. The normalized spacial score (nSPS) is 11.0. The van der Waals surface area contributed by atoms with Gasteiger partial charge in [-0.25, -0.2) is 14.4 Å². The maximum atomic E-state index is 14.5. The van der Waals surface area contributed by atoms with Crippen molar-refractivity contribution in [1.82, 2.24) is 9.97 Å². The van der Waals surface area contributed by atoms with Crippen LogP contribution in [-0.4, -0.2) is 16.6 Å². The fourth-order valence-electron chi connectivity index (χ4n) is 2.97. The van der Waals surface area contributed by atoms with E-state index in [1.54, 1.807) is 24.5 Å². The van der Waals surface area contributed by atoms with E-state index >= 15 is 0 Å². The summed E-state index contributed by atoms with van der Waals surface area (Å²) in [6, 6.07) is 13.0. The van der Waals surface area contributed by atoms with Gasteiger partial charge in [0.05, 0.1) is 12.2 Å². The zero-order chi connectivity index (χ0) is 19.9. The van der Waals surface area contributed by atoms with Crippen molar-refractivity contribution in [3.63, 3.8) is 0 Å². The van der Waals surface area contributed by atoms with Crippen LogP contribution in [0.5, 0.6) is 5.75 Å². The van der Waals surface area contributed by atoms with Gasteiger partial charge in [0.1, 0.15) is 11.6 Å². The van der Waals surface area contributed by atoms with E-state index in [1.807, 2.05) is 31.2 Å². The van der Waals surface area contributed by atoms with E-state index < -0.39 is 0 Å². The van der Waals surface area contributed by atoms with Gasteiger partial charge in [-0.2, -0.15) is 0 Å². The fourth-order valence-corrected chi connectivity index (χ4v) is 2.97. The number of hydrogen-bond donors (Lipinski definition) is 0. The van der Waals surface area contributed by atoms with Crippen LogP contribution in [0.2, 0.25) is 0 Å². The van der Waals surface area contributed by atoms with Gasteiger partial charge < -0.3 is 4.74 Å². The molecule has 0 amide bonds. The van der Waals surface area contributed by atoms with E-state index in [4.69, 9.17) is 4.74 Å². The molecule has 0 saturated carbocycles. The predicted octanol–water partition coefficient (Wildman–Crippen LogP) is 6.46. The minimum atomic E-state index is -0.372. The van der Waals surface area contributed by atoms with Gasteiger partial charge >= 0.3 is 0 Å². The van der Waals surface area contributed by atoms with Crippen LogP contribution in [-0.2, 0) is 0 Å². The summed E-state index contributed by atoms with van der Waals surface area (Å²) in [5.74, 6) is 1.25. The van der Waals surface area contributed by atoms with Crippen LogP contribution in [0, 0.1) is 18.7 Å². The number of nitrogens with zero attached hydrogens (tertiary/aromatic N) is 2. The molecule has 0 unspecified atom stereocenters. The molecule has 0 aliphatic carbocycles. The molecule has 146 valence electrons. The van der Waals surface area contributed by atoms with Gasteiger partial charge in [-0.1, -0.05) is 50.1 Å². The van der Waals surface area contributed by atoms with Crippen molar-refractivity contribution in [2.24, 2.45) is 5.92 Å². The molecule has 3 nitrogen and oxygen atoms in total. The Hall–Kier alpha value is -2.75. The molecule has 0 spiro atoms. The van der Waals surface area contributed by atoms with E-state index in [0.717, 1.165) is 24.0 Å². The van der Waals surface area contributed by atoms with Gasteiger partial charge in [-0.05, 0) is 43.4 Å². The van der Waals surface area contributed by atoms with Crippen LogP contribution in [0.1, 0.15) is 38.7 Å². The number of ether oxygens (including phenoxy) is 1. The van der Waals surface area contributed by atoms with E-state index in [2.05, 4.69) is 23.8 Å². The summed E-state index contributed by atoms with van der Waals surface area (Å²) < 4.78 is 20.2. The van der Waals surface area contributed by atoms with Gasteiger partial charge in [0.2, 0.25) is 0 Å². The fraction of sp³-hybridized carbons (Fsp3) is 0.333. The minimum absolute atomic E-state index is 0.372. The number of hydrogen-bond acceptors (Lipinski definition) is 3. The summed E-state index contributed by atoms with van der Waals surface area (Å²) in [4.78, 5) is 8.70. The first kappa shape index (κ1) is 20.0. The lowest BCUT2D eigenvalue weighted by Crippen LogP contribution is -2.00. The minimum Gasteiger partial charge on any atom is -0.493 e. The predicted molar refractivity (Wildman–Crippen MR) is 112 cm³/mol. The summed E-state index contributed by atoms with van der Waals surface area (Å²) in [6.45, 7) is 7.08. The largest absolute Gasteiger partial charge is 0.493 e. The van der Waals surface area contributed by atoms with E-state index in [9.17, 15) is 4.39 Å². The number of rotatable bonds is 8. The molecule has 0 atom stereocenters. The van der Waals surface area contributed by atoms with Crippen LogP contribution < -0.4 is 4.74 Å². The molecule has 3 aromatic rings. The molecule has 0 aliphatic heterocycles. The first-order valence-corrected chi connectivity index (χ1v) is 9.85. The second-order valence-electron chi connectivity index (χ2n) is 7.54. The second-order valence-corrected chi connectivity index (χ2v) is 7.54. The molecule has 1 aromatic heterocycles. The first-order chi connectivity index (χ1) is 13.5. The van der Waals surface area contributed by atoms with Gasteiger partial charge in [-0.15, -0.1) is 0 Å². The molecule has 0 N–H and O–H groups in total. The highest BCUT2D eigenvalue weighted by Crippen LogP contribution is 2.25. The molecule has 0 radical (unpaired) electrons. The lowest BCUT2D eigenvalue weighted by atomic mass is 10.1. The zero-order valence-corrected chi connectivity index (χ0v) is 16.8. The molecule has 1 heterocycles. The number of benzene rings is 2. The quantitative estimate of drug-likeness (QED) is 0.422. The topological polar surface area (TPSA) is 35.0 Å². The van der Waals surface area contributed by atoms with Crippen molar-refractivity contribution in [2.75, 3.05) is 6.61 Å². The standard InChI is InChI=1S/C24H27FN2O/c1-17(2)6-4-5-13-28-21-11-12-22(23(25)14-21)24-26-15-20(16-27-24)19-9-7-18(3)8-10-19/h7-12,14-17H,4-6,13H2,1-3H3. The van der Waals surface area contributed by atoms with Crippen molar-refractivity contribution < 1.29 is 9.13 Å². The second kappa shape index (κ2) is 9.45. The van der Waals surface area contributed by atoms with Crippen molar-refractivity contribution in [1.29, 1.82) is 0 Å². The van der Waals surface area contributed by atoms with Gasteiger partial charge in [-0.3, -0.25) is 0 Å². The molecule has 0 aliphatic rings. The first-order valence-electron chi connectivity index (χ1n) is 9.85. The number of aryl methyl sites for hydroxylation is 1. The Kier molecular flexibility index (Phi) is 6.75. The third kappa shape index (κ3) is 5.38. The molecule has 3 rings (SSSR count). The molecule has 4 heteroatoms. The van der Waals surface area contributed by atoms with Crippen molar-refractivity contribution in [3.8, 4) is 28.3 Å². The summed E-state index contributed by atoms with van der Waals surface area (Å²) >= 11 is 0. The van der Waals surface area contributed by atoms with Crippen LogP contribution in [0.4, 0.5) is 4.39 Å². The lowest BCUT2D eigenvalue weighted by molar-refractivity contribution is 0.300.